The molecule has 0 amide bonds. The molecule has 96 valence electrons. The van der Waals surface area contributed by atoms with Gasteiger partial charge in [0.2, 0.25) is 0 Å². The van der Waals surface area contributed by atoms with Gasteiger partial charge in [-0.2, -0.15) is 0 Å². The Morgan fingerprint density at radius 2 is 2.06 bits per heavy atom. The quantitative estimate of drug-likeness (QED) is 0.822. The molecular weight excluding hydrogens is 224 g/mol. The fraction of sp³-hybridized carbons (Fsp3) is 0.438. The third-order valence-corrected chi connectivity index (χ3v) is 3.70. The summed E-state index contributed by atoms with van der Waals surface area (Å²) in [6.07, 6.45) is 6.81. The highest BCUT2D eigenvalue weighted by Gasteiger charge is 2.20. The van der Waals surface area contributed by atoms with Crippen molar-refractivity contribution in [3.8, 4) is 0 Å². The van der Waals surface area contributed by atoms with Gasteiger partial charge in [0.05, 0.1) is 0 Å². The average molecular weight is 244 g/mol. The maximum atomic E-state index is 10.8. The molecule has 1 N–H and O–H groups in total. The topological polar surface area (TPSA) is 37.3 Å². The van der Waals surface area contributed by atoms with Gasteiger partial charge in [0.15, 0.2) is 0 Å². The van der Waals surface area contributed by atoms with E-state index in [0.717, 1.165) is 31.3 Å². The number of carboxylic acids is 1. The Kier molecular flexibility index (Phi) is 4.19. The van der Waals surface area contributed by atoms with Crippen LogP contribution in [0.5, 0.6) is 0 Å². The minimum absolute atomic E-state index is 0.414. The van der Waals surface area contributed by atoms with Crippen LogP contribution in [-0.4, -0.2) is 11.1 Å². The standard InChI is InChI=1S/C16H20O2/c1-12-6-8-13(9-7-12)10-14-4-2-3-5-15(14)11-16(17)18/h6-9,11,14H,2-5,10H2,1H3,(H,17,18)/t14-/m0/s1. The van der Waals surface area contributed by atoms with Gasteiger partial charge >= 0.3 is 5.97 Å². The molecule has 1 aliphatic rings. The van der Waals surface area contributed by atoms with E-state index in [1.165, 1.54) is 23.6 Å². The molecule has 2 heteroatoms. The second kappa shape index (κ2) is 5.85. The van der Waals surface area contributed by atoms with Crippen LogP contribution in [0.2, 0.25) is 0 Å². The molecule has 2 rings (SSSR count). The largest absolute Gasteiger partial charge is 0.478 e. The van der Waals surface area contributed by atoms with E-state index in [0.29, 0.717) is 5.92 Å². The average Bonchev–Trinajstić information content (AvgIpc) is 2.34. The summed E-state index contributed by atoms with van der Waals surface area (Å²) in [6.45, 7) is 2.08. The molecule has 0 heterocycles. The summed E-state index contributed by atoms with van der Waals surface area (Å²) < 4.78 is 0. The van der Waals surface area contributed by atoms with Gasteiger partial charge in [-0.3, -0.25) is 0 Å². The lowest BCUT2D eigenvalue weighted by atomic mass is 9.80. The highest BCUT2D eigenvalue weighted by atomic mass is 16.4. The van der Waals surface area contributed by atoms with Crippen molar-refractivity contribution in [1.29, 1.82) is 0 Å². The van der Waals surface area contributed by atoms with Crippen molar-refractivity contribution in [2.45, 2.75) is 39.0 Å². The van der Waals surface area contributed by atoms with E-state index >= 15 is 0 Å². The van der Waals surface area contributed by atoms with Crippen LogP contribution in [-0.2, 0) is 11.2 Å². The lowest BCUT2D eigenvalue weighted by molar-refractivity contribution is -0.131. The highest BCUT2D eigenvalue weighted by Crippen LogP contribution is 2.32. The third-order valence-electron chi connectivity index (χ3n) is 3.70. The molecule has 2 nitrogen and oxygen atoms in total. The molecule has 18 heavy (non-hydrogen) atoms. The molecule has 0 saturated heterocycles. The first-order chi connectivity index (χ1) is 8.65. The van der Waals surface area contributed by atoms with Crippen molar-refractivity contribution in [3.05, 3.63) is 47.0 Å². The monoisotopic (exact) mass is 244 g/mol. The smallest absolute Gasteiger partial charge is 0.328 e. The second-order valence-electron chi connectivity index (χ2n) is 5.19. The van der Waals surface area contributed by atoms with Gasteiger partial charge in [-0.25, -0.2) is 4.79 Å². The van der Waals surface area contributed by atoms with E-state index < -0.39 is 5.97 Å². The fourth-order valence-electron chi connectivity index (χ4n) is 2.70. The molecule has 1 atom stereocenters. The molecule has 1 saturated carbocycles. The number of rotatable bonds is 3. The van der Waals surface area contributed by atoms with Gasteiger partial charge in [-0.1, -0.05) is 41.8 Å². The summed E-state index contributed by atoms with van der Waals surface area (Å²) in [5.41, 5.74) is 3.70. The lowest BCUT2D eigenvalue weighted by Crippen LogP contribution is -2.14. The van der Waals surface area contributed by atoms with E-state index in [1.54, 1.807) is 0 Å². The van der Waals surface area contributed by atoms with Crippen molar-refractivity contribution in [1.82, 2.24) is 0 Å². The fourth-order valence-corrected chi connectivity index (χ4v) is 2.70. The number of aliphatic carboxylic acids is 1. The Morgan fingerprint density at radius 3 is 2.72 bits per heavy atom. The SMILES string of the molecule is Cc1ccc(C[C@@H]2CCCCC2=CC(=O)O)cc1. The van der Waals surface area contributed by atoms with Crippen molar-refractivity contribution in [2.24, 2.45) is 5.92 Å². The number of carbonyl (C=O) groups is 1. The number of aryl methyl sites for hydroxylation is 1. The Labute approximate surface area is 108 Å². The number of benzene rings is 1. The normalized spacial score (nSPS) is 22.1. The molecule has 0 spiro atoms. The predicted molar refractivity (Wildman–Crippen MR) is 72.6 cm³/mol. The number of hydrogen-bond donors (Lipinski definition) is 1. The van der Waals surface area contributed by atoms with Crippen LogP contribution in [0.25, 0.3) is 0 Å². The predicted octanol–water partition coefficient (Wildman–Crippen LogP) is 3.74. The third kappa shape index (κ3) is 3.46. The molecule has 0 aromatic heterocycles. The van der Waals surface area contributed by atoms with Crippen LogP contribution in [0.3, 0.4) is 0 Å². The van der Waals surface area contributed by atoms with E-state index in [2.05, 4.69) is 31.2 Å². The minimum Gasteiger partial charge on any atom is -0.478 e. The van der Waals surface area contributed by atoms with Crippen LogP contribution in [0, 0.1) is 12.8 Å². The Morgan fingerprint density at radius 1 is 1.33 bits per heavy atom. The van der Waals surface area contributed by atoms with Crippen LogP contribution >= 0.6 is 0 Å². The van der Waals surface area contributed by atoms with E-state index in [9.17, 15) is 4.79 Å². The van der Waals surface area contributed by atoms with E-state index in [1.807, 2.05) is 0 Å². The molecule has 1 aromatic carbocycles. The zero-order chi connectivity index (χ0) is 13.0. The summed E-state index contributed by atoms with van der Waals surface area (Å²) >= 11 is 0. The molecular formula is C16H20O2. The Hall–Kier alpha value is -1.57. The zero-order valence-electron chi connectivity index (χ0n) is 10.9. The van der Waals surface area contributed by atoms with Gasteiger partial charge in [0.25, 0.3) is 0 Å². The van der Waals surface area contributed by atoms with Gasteiger partial charge in [-0.15, -0.1) is 0 Å². The zero-order valence-corrected chi connectivity index (χ0v) is 10.9. The summed E-state index contributed by atoms with van der Waals surface area (Å²) in [7, 11) is 0. The lowest BCUT2D eigenvalue weighted by Gasteiger charge is -2.25. The molecule has 1 fully saturated rings. The maximum Gasteiger partial charge on any atom is 0.328 e. The van der Waals surface area contributed by atoms with Gasteiger partial charge in [0, 0.05) is 6.08 Å². The summed E-state index contributed by atoms with van der Waals surface area (Å²) in [4.78, 5) is 10.8. The van der Waals surface area contributed by atoms with Crippen LogP contribution in [0.4, 0.5) is 0 Å². The molecule has 0 radical (unpaired) electrons. The van der Waals surface area contributed by atoms with Crippen LogP contribution < -0.4 is 0 Å². The van der Waals surface area contributed by atoms with Crippen molar-refractivity contribution in [2.75, 3.05) is 0 Å². The Bertz CT molecular complexity index is 443. The van der Waals surface area contributed by atoms with Gasteiger partial charge < -0.3 is 5.11 Å². The number of carboxylic acid groups (broad SMARTS) is 1. The van der Waals surface area contributed by atoms with Crippen LogP contribution in [0.1, 0.15) is 36.8 Å². The first-order valence-electron chi connectivity index (χ1n) is 6.64. The highest BCUT2D eigenvalue weighted by molar-refractivity contribution is 5.80. The first-order valence-corrected chi connectivity index (χ1v) is 6.64. The summed E-state index contributed by atoms with van der Waals surface area (Å²) in [6, 6.07) is 8.56. The van der Waals surface area contributed by atoms with Crippen molar-refractivity contribution >= 4 is 5.97 Å². The minimum atomic E-state index is -0.805. The molecule has 0 unspecified atom stereocenters. The summed E-state index contributed by atoms with van der Waals surface area (Å²) in [5, 5.41) is 8.91. The maximum absolute atomic E-state index is 10.8. The number of hydrogen-bond acceptors (Lipinski definition) is 1. The first kappa shape index (κ1) is 12.9. The Balaban J connectivity index is 2.10. The van der Waals surface area contributed by atoms with Gasteiger partial charge in [-0.05, 0) is 44.1 Å². The van der Waals surface area contributed by atoms with E-state index in [-0.39, 0.29) is 0 Å². The molecule has 1 aromatic rings. The van der Waals surface area contributed by atoms with Crippen LogP contribution in [0.15, 0.2) is 35.9 Å². The van der Waals surface area contributed by atoms with Gasteiger partial charge in [0.1, 0.15) is 0 Å². The molecule has 1 aliphatic carbocycles. The second-order valence-corrected chi connectivity index (χ2v) is 5.19. The molecule has 0 bridgehead atoms. The summed E-state index contributed by atoms with van der Waals surface area (Å²) in [5.74, 6) is -0.390. The molecule has 0 aliphatic heterocycles. The van der Waals surface area contributed by atoms with Crippen molar-refractivity contribution in [3.63, 3.8) is 0 Å². The van der Waals surface area contributed by atoms with Crippen molar-refractivity contribution < 1.29 is 9.90 Å². The number of allylic oxidation sites excluding steroid dienone is 1. The van der Waals surface area contributed by atoms with E-state index in [4.69, 9.17) is 5.11 Å².